The summed E-state index contributed by atoms with van der Waals surface area (Å²) in [5, 5.41) is 6.33. The molecule has 0 fully saturated rings. The van der Waals surface area contributed by atoms with Gasteiger partial charge in [-0.05, 0) is 18.9 Å². The molecule has 0 atom stereocenters. The van der Waals surface area contributed by atoms with Gasteiger partial charge < -0.3 is 5.32 Å². The number of thiophene rings is 1. The van der Waals surface area contributed by atoms with E-state index in [-0.39, 0.29) is 0 Å². The Kier molecular flexibility index (Phi) is 3.04. The minimum Gasteiger partial charge on any atom is -0.308 e. The minimum atomic E-state index is 0.640. The summed E-state index contributed by atoms with van der Waals surface area (Å²) in [6, 6.07) is 2.67. The van der Waals surface area contributed by atoms with Gasteiger partial charge in [-0.2, -0.15) is 0 Å². The molecule has 0 amide bonds. The molecule has 13 heavy (non-hydrogen) atoms. The molecule has 70 valence electrons. The highest BCUT2D eigenvalue weighted by Crippen LogP contribution is 2.19. The summed E-state index contributed by atoms with van der Waals surface area (Å²) in [6.45, 7) is 0.948. The van der Waals surface area contributed by atoms with Crippen molar-refractivity contribution in [1.29, 1.82) is 0 Å². The number of hydrogen-bond acceptors (Lipinski definition) is 2. The van der Waals surface area contributed by atoms with Crippen LogP contribution in [0.2, 0.25) is 5.02 Å². The fourth-order valence-corrected chi connectivity index (χ4v) is 2.50. The van der Waals surface area contributed by atoms with E-state index in [0.29, 0.717) is 6.04 Å². The molecule has 0 spiro atoms. The smallest absolute Gasteiger partial charge is 0.0516 e. The maximum absolute atomic E-state index is 5.83. The molecule has 0 aromatic carbocycles. The number of nitrogens with one attached hydrogen (secondary N) is 1. The summed E-state index contributed by atoms with van der Waals surface area (Å²) >= 11 is 7.54. The van der Waals surface area contributed by atoms with Crippen LogP contribution in [0.25, 0.3) is 0 Å². The van der Waals surface area contributed by atoms with Gasteiger partial charge in [-0.3, -0.25) is 0 Å². The van der Waals surface area contributed by atoms with Gasteiger partial charge in [-0.25, -0.2) is 0 Å². The maximum Gasteiger partial charge on any atom is 0.0516 e. The van der Waals surface area contributed by atoms with E-state index in [9.17, 15) is 0 Å². The van der Waals surface area contributed by atoms with Crippen molar-refractivity contribution in [2.45, 2.75) is 25.4 Å². The molecule has 1 aliphatic carbocycles. The quantitative estimate of drug-likeness (QED) is 0.761. The molecule has 0 saturated carbocycles. The lowest BCUT2D eigenvalue weighted by Crippen LogP contribution is -2.25. The van der Waals surface area contributed by atoms with E-state index in [1.54, 1.807) is 11.3 Å². The third kappa shape index (κ3) is 2.56. The first kappa shape index (κ1) is 9.25. The molecule has 3 heteroatoms. The summed E-state index contributed by atoms with van der Waals surface area (Å²) in [4.78, 5) is 1.32. The van der Waals surface area contributed by atoms with Gasteiger partial charge in [0.1, 0.15) is 0 Å². The molecule has 0 saturated heterocycles. The molecule has 1 N–H and O–H groups in total. The third-order valence-electron chi connectivity index (χ3n) is 2.19. The zero-order valence-electron chi connectivity index (χ0n) is 7.29. The standard InChI is InChI=1S/C10H12ClNS/c11-8-5-10(13-7-8)6-12-9-3-1-2-4-9/h1-2,5,7,9,12H,3-4,6H2. The summed E-state index contributed by atoms with van der Waals surface area (Å²) < 4.78 is 0. The second kappa shape index (κ2) is 4.27. The third-order valence-corrected chi connectivity index (χ3v) is 3.48. The van der Waals surface area contributed by atoms with Gasteiger partial charge in [-0.1, -0.05) is 23.8 Å². The molecule has 0 radical (unpaired) electrons. The Labute approximate surface area is 87.4 Å². The van der Waals surface area contributed by atoms with E-state index in [1.165, 1.54) is 17.7 Å². The predicted octanol–water partition coefficient (Wildman–Crippen LogP) is 3.21. The van der Waals surface area contributed by atoms with Gasteiger partial charge in [0.15, 0.2) is 0 Å². The molecule has 0 unspecified atom stereocenters. The molecule has 0 bridgehead atoms. The number of hydrogen-bond donors (Lipinski definition) is 1. The zero-order valence-corrected chi connectivity index (χ0v) is 8.87. The average Bonchev–Trinajstić information content (AvgIpc) is 2.71. The van der Waals surface area contributed by atoms with Crippen LogP contribution < -0.4 is 5.32 Å². The molecule has 2 rings (SSSR count). The second-order valence-electron chi connectivity index (χ2n) is 3.25. The lowest BCUT2D eigenvalue weighted by atomic mass is 10.2. The summed E-state index contributed by atoms with van der Waals surface area (Å²) in [6.07, 6.45) is 6.80. The lowest BCUT2D eigenvalue weighted by Gasteiger charge is -2.09. The molecular weight excluding hydrogens is 202 g/mol. The highest BCUT2D eigenvalue weighted by molar-refractivity contribution is 7.10. The monoisotopic (exact) mass is 213 g/mol. The van der Waals surface area contributed by atoms with Crippen LogP contribution in [-0.4, -0.2) is 6.04 Å². The van der Waals surface area contributed by atoms with Crippen LogP contribution in [0.5, 0.6) is 0 Å². The fourth-order valence-electron chi connectivity index (χ4n) is 1.48. The Hall–Kier alpha value is -0.310. The van der Waals surface area contributed by atoms with Gasteiger partial charge >= 0.3 is 0 Å². The Morgan fingerprint density at radius 3 is 2.85 bits per heavy atom. The van der Waals surface area contributed by atoms with Gasteiger partial charge in [-0.15, -0.1) is 11.3 Å². The van der Waals surface area contributed by atoms with Crippen LogP contribution in [0.15, 0.2) is 23.6 Å². The van der Waals surface area contributed by atoms with Crippen molar-refractivity contribution in [3.63, 3.8) is 0 Å². The van der Waals surface area contributed by atoms with Crippen LogP contribution in [0, 0.1) is 0 Å². The van der Waals surface area contributed by atoms with Crippen molar-refractivity contribution in [1.82, 2.24) is 5.32 Å². The molecule has 1 aromatic rings. The average molecular weight is 214 g/mol. The predicted molar refractivity (Wildman–Crippen MR) is 58.3 cm³/mol. The largest absolute Gasteiger partial charge is 0.308 e. The summed E-state index contributed by atoms with van der Waals surface area (Å²) in [7, 11) is 0. The van der Waals surface area contributed by atoms with Gasteiger partial charge in [0.25, 0.3) is 0 Å². The molecular formula is C10H12ClNS. The first-order valence-corrected chi connectivity index (χ1v) is 5.71. The topological polar surface area (TPSA) is 12.0 Å². The normalized spacial score (nSPS) is 17.0. The Balaban J connectivity index is 1.79. The first-order chi connectivity index (χ1) is 6.34. The number of halogens is 1. The van der Waals surface area contributed by atoms with Gasteiger partial charge in [0, 0.05) is 22.8 Å². The molecule has 0 aliphatic heterocycles. The van der Waals surface area contributed by atoms with Crippen molar-refractivity contribution in [3.8, 4) is 0 Å². The minimum absolute atomic E-state index is 0.640. The molecule has 1 aliphatic rings. The van der Waals surface area contributed by atoms with Gasteiger partial charge in [0.05, 0.1) is 5.02 Å². The van der Waals surface area contributed by atoms with E-state index in [4.69, 9.17) is 11.6 Å². The molecule has 1 heterocycles. The molecule has 1 nitrogen and oxygen atoms in total. The number of rotatable bonds is 3. The van der Waals surface area contributed by atoms with Gasteiger partial charge in [0.2, 0.25) is 0 Å². The van der Waals surface area contributed by atoms with Crippen molar-refractivity contribution >= 4 is 22.9 Å². The zero-order chi connectivity index (χ0) is 9.10. The summed E-state index contributed by atoms with van der Waals surface area (Å²) in [5.41, 5.74) is 0. The van der Waals surface area contributed by atoms with Crippen molar-refractivity contribution in [2.24, 2.45) is 0 Å². The van der Waals surface area contributed by atoms with Crippen LogP contribution >= 0.6 is 22.9 Å². The maximum atomic E-state index is 5.83. The van der Waals surface area contributed by atoms with E-state index < -0.39 is 0 Å². The Bertz CT molecular complexity index is 298. The molecule has 1 aromatic heterocycles. The van der Waals surface area contributed by atoms with Crippen molar-refractivity contribution < 1.29 is 0 Å². The Morgan fingerprint density at radius 1 is 1.46 bits per heavy atom. The Morgan fingerprint density at radius 2 is 2.23 bits per heavy atom. The van der Waals surface area contributed by atoms with Crippen molar-refractivity contribution in [2.75, 3.05) is 0 Å². The van der Waals surface area contributed by atoms with Crippen LogP contribution in [0.3, 0.4) is 0 Å². The summed E-state index contributed by atoms with van der Waals surface area (Å²) in [5.74, 6) is 0. The van der Waals surface area contributed by atoms with Crippen molar-refractivity contribution in [3.05, 3.63) is 33.5 Å². The highest BCUT2D eigenvalue weighted by Gasteiger charge is 2.09. The lowest BCUT2D eigenvalue weighted by molar-refractivity contribution is 0.542. The van der Waals surface area contributed by atoms with Crippen LogP contribution in [0.4, 0.5) is 0 Å². The highest BCUT2D eigenvalue weighted by atomic mass is 35.5. The SMILES string of the molecule is Clc1csc(CNC2CC=CC2)c1. The van der Waals surface area contributed by atoms with Crippen LogP contribution in [-0.2, 0) is 6.54 Å². The van der Waals surface area contributed by atoms with Crippen LogP contribution in [0.1, 0.15) is 17.7 Å². The first-order valence-electron chi connectivity index (χ1n) is 4.46. The second-order valence-corrected chi connectivity index (χ2v) is 4.68. The van der Waals surface area contributed by atoms with E-state index in [0.717, 1.165) is 11.6 Å². The van der Waals surface area contributed by atoms with E-state index in [1.807, 2.05) is 11.4 Å². The van der Waals surface area contributed by atoms with E-state index >= 15 is 0 Å². The fraction of sp³-hybridized carbons (Fsp3) is 0.400. The van der Waals surface area contributed by atoms with E-state index in [2.05, 4.69) is 17.5 Å².